The second-order valence-electron chi connectivity index (χ2n) is 21.8. The van der Waals surface area contributed by atoms with E-state index in [1.807, 2.05) is 0 Å². The molecule has 0 bridgehead atoms. The van der Waals surface area contributed by atoms with Crippen LogP contribution in [0.15, 0.2) is 162 Å². The highest BCUT2D eigenvalue weighted by Gasteiger charge is 2.34. The van der Waals surface area contributed by atoms with Crippen LogP contribution in [-0.4, -0.2) is 25.8 Å². The van der Waals surface area contributed by atoms with Crippen LogP contribution in [0.2, 0.25) is 0 Å². The molecule has 0 N–H and O–H groups in total. The quantitative estimate of drug-likeness (QED) is 0.0460. The SMILES string of the molecule is COC1=C(OC)C(=O)C(C/C=C(\C)CC/C=C(\C)CC/C=C(\C)CC/C=C(\C)CC/C=C(/C)CC/C=C(\C)CC/C=C(\C)CC/C=C(\C)CC/C=C(/C)CC/C=C(\C)CC/C=C(\C)CCC=C(C)C)=C(C)C1=O. The molecular formula is C69H106O4. The summed E-state index contributed by atoms with van der Waals surface area (Å²) in [6.07, 6.45) is 53.8. The van der Waals surface area contributed by atoms with Crippen molar-refractivity contribution < 1.29 is 19.1 Å². The molecule has 0 aromatic rings. The van der Waals surface area contributed by atoms with Gasteiger partial charge in [0.1, 0.15) is 0 Å². The van der Waals surface area contributed by atoms with Gasteiger partial charge in [0, 0.05) is 11.1 Å². The van der Waals surface area contributed by atoms with Gasteiger partial charge in [-0.1, -0.05) is 140 Å². The number of Topliss-reactive ketones (excluding diaryl/α,β-unsaturated/α-hetero) is 2. The van der Waals surface area contributed by atoms with Gasteiger partial charge in [-0.05, 0) is 245 Å². The van der Waals surface area contributed by atoms with Crippen molar-refractivity contribution in [1.29, 1.82) is 0 Å². The van der Waals surface area contributed by atoms with E-state index in [0.717, 1.165) is 116 Å². The summed E-state index contributed by atoms with van der Waals surface area (Å²) in [5, 5.41) is 0. The minimum absolute atomic E-state index is 0.00688. The van der Waals surface area contributed by atoms with Crippen LogP contribution in [0.4, 0.5) is 0 Å². The maximum atomic E-state index is 12.9. The molecule has 0 saturated heterocycles. The van der Waals surface area contributed by atoms with E-state index < -0.39 is 0 Å². The van der Waals surface area contributed by atoms with E-state index in [9.17, 15) is 9.59 Å². The molecule has 0 aromatic carbocycles. The highest BCUT2D eigenvalue weighted by Crippen LogP contribution is 2.29. The summed E-state index contributed by atoms with van der Waals surface area (Å²) in [5.41, 5.74) is 18.5. The molecule has 0 heterocycles. The maximum Gasteiger partial charge on any atom is 0.228 e. The Morgan fingerprint density at radius 3 is 0.699 bits per heavy atom. The maximum absolute atomic E-state index is 12.9. The van der Waals surface area contributed by atoms with Crippen molar-refractivity contribution in [3.63, 3.8) is 0 Å². The molecule has 0 unspecified atom stereocenters. The zero-order chi connectivity index (χ0) is 54.6. The standard InChI is InChI=1S/C69H106O4/c1-52(2)28-17-29-53(3)30-18-31-54(4)32-19-33-55(5)34-20-35-56(6)36-21-37-57(7)38-22-39-58(8)40-23-41-59(9)42-24-43-60(10)44-25-45-61(11)46-26-47-62(12)48-27-49-63(13)50-51-65-64(14)66(70)68(72-15)69(73-16)67(65)71/h28,30,32,34,36,38,40,42,44,46,48,50H,17-27,29,31,33,35,37,39,41,43,45,47,49,51H2,1-16H3/b53-30+,54-32+,55-34-,56-36+,57-38+,58-40+,59-42-,60-44+,61-46+,62-48+,63-50+. The molecule has 406 valence electrons. The molecular weight excluding hydrogens is 893 g/mol. The number of hydrogen-bond acceptors (Lipinski definition) is 4. The molecule has 4 nitrogen and oxygen atoms in total. The number of ether oxygens (including phenoxy) is 2. The smallest absolute Gasteiger partial charge is 0.228 e. The van der Waals surface area contributed by atoms with Gasteiger partial charge in [0.2, 0.25) is 23.1 Å². The summed E-state index contributed by atoms with van der Waals surface area (Å²) in [5.74, 6) is -0.572. The van der Waals surface area contributed by atoms with Crippen molar-refractivity contribution in [1.82, 2.24) is 0 Å². The zero-order valence-corrected chi connectivity index (χ0v) is 49.8. The Labute approximate surface area is 449 Å². The lowest BCUT2D eigenvalue weighted by Gasteiger charge is -2.19. The summed E-state index contributed by atoms with van der Waals surface area (Å²) >= 11 is 0. The van der Waals surface area contributed by atoms with E-state index in [1.165, 1.54) is 107 Å². The van der Waals surface area contributed by atoms with Gasteiger partial charge in [0.25, 0.3) is 0 Å². The molecule has 0 radical (unpaired) electrons. The fourth-order valence-electron chi connectivity index (χ4n) is 8.89. The minimum Gasteiger partial charge on any atom is -0.489 e. The van der Waals surface area contributed by atoms with Crippen molar-refractivity contribution >= 4 is 11.6 Å². The first kappa shape index (κ1) is 66.3. The molecule has 0 fully saturated rings. The zero-order valence-electron chi connectivity index (χ0n) is 49.8. The number of hydrogen-bond donors (Lipinski definition) is 0. The molecule has 0 amide bonds. The van der Waals surface area contributed by atoms with Crippen LogP contribution in [0.5, 0.6) is 0 Å². The predicted octanol–water partition coefficient (Wildman–Crippen LogP) is 21.3. The summed E-state index contributed by atoms with van der Waals surface area (Å²) in [6, 6.07) is 0. The lowest BCUT2D eigenvalue weighted by atomic mass is 9.90. The number of methoxy groups -OCH3 is 2. The average molecular weight is 1000 g/mol. The van der Waals surface area contributed by atoms with Crippen LogP contribution in [0.3, 0.4) is 0 Å². The van der Waals surface area contributed by atoms with Crippen LogP contribution in [0.1, 0.15) is 245 Å². The first-order valence-corrected chi connectivity index (χ1v) is 28.2. The third-order valence-corrected chi connectivity index (χ3v) is 14.2. The van der Waals surface area contributed by atoms with Gasteiger partial charge >= 0.3 is 0 Å². The Kier molecular flexibility index (Phi) is 36.1. The highest BCUT2D eigenvalue weighted by molar-refractivity contribution is 6.23. The molecule has 0 saturated carbocycles. The Balaban J connectivity index is 2.28. The highest BCUT2D eigenvalue weighted by atomic mass is 16.5. The number of rotatable bonds is 37. The fraction of sp³-hybridized carbons (Fsp3) is 0.565. The molecule has 0 aromatic heterocycles. The van der Waals surface area contributed by atoms with Crippen molar-refractivity contribution in [2.24, 2.45) is 0 Å². The number of ketones is 2. The van der Waals surface area contributed by atoms with Crippen LogP contribution < -0.4 is 0 Å². The summed E-state index contributed by atoms with van der Waals surface area (Å²) in [4.78, 5) is 25.6. The lowest BCUT2D eigenvalue weighted by Crippen LogP contribution is -2.24. The van der Waals surface area contributed by atoms with Crippen molar-refractivity contribution in [2.75, 3.05) is 14.2 Å². The summed E-state index contributed by atoms with van der Waals surface area (Å²) < 4.78 is 10.4. The lowest BCUT2D eigenvalue weighted by molar-refractivity contribution is -0.121. The van der Waals surface area contributed by atoms with E-state index in [-0.39, 0.29) is 23.1 Å². The summed E-state index contributed by atoms with van der Waals surface area (Å²) in [7, 11) is 2.78. The first-order chi connectivity index (χ1) is 34.8. The van der Waals surface area contributed by atoms with Crippen molar-refractivity contribution in [2.45, 2.75) is 245 Å². The van der Waals surface area contributed by atoms with E-state index in [0.29, 0.717) is 17.6 Å². The number of carbonyl (C=O) groups is 2. The molecule has 0 spiro atoms. The van der Waals surface area contributed by atoms with E-state index in [1.54, 1.807) is 6.92 Å². The Morgan fingerprint density at radius 1 is 0.301 bits per heavy atom. The first-order valence-electron chi connectivity index (χ1n) is 28.2. The second kappa shape index (κ2) is 39.7. The Bertz CT molecular complexity index is 2180. The van der Waals surface area contributed by atoms with Gasteiger partial charge in [-0.3, -0.25) is 9.59 Å². The van der Waals surface area contributed by atoms with Gasteiger partial charge in [-0.2, -0.15) is 0 Å². The van der Waals surface area contributed by atoms with Gasteiger partial charge < -0.3 is 9.47 Å². The third kappa shape index (κ3) is 32.3. The third-order valence-electron chi connectivity index (χ3n) is 14.2. The number of carbonyl (C=O) groups excluding carboxylic acids is 2. The van der Waals surface area contributed by atoms with Gasteiger partial charge in [-0.15, -0.1) is 0 Å². The molecule has 0 atom stereocenters. The molecule has 4 heteroatoms. The van der Waals surface area contributed by atoms with Crippen molar-refractivity contribution in [3.05, 3.63) is 162 Å². The molecule has 1 aliphatic carbocycles. The van der Waals surface area contributed by atoms with Crippen LogP contribution in [0.25, 0.3) is 0 Å². The predicted molar refractivity (Wildman–Crippen MR) is 321 cm³/mol. The van der Waals surface area contributed by atoms with E-state index in [2.05, 4.69) is 163 Å². The van der Waals surface area contributed by atoms with Crippen LogP contribution in [-0.2, 0) is 19.1 Å². The number of allylic oxidation sites excluding steroid dienone is 26. The van der Waals surface area contributed by atoms with Crippen LogP contribution in [0, 0.1) is 0 Å². The van der Waals surface area contributed by atoms with E-state index in [4.69, 9.17) is 9.47 Å². The van der Waals surface area contributed by atoms with Crippen LogP contribution >= 0.6 is 0 Å². The normalized spacial score (nSPS) is 15.9. The minimum atomic E-state index is -0.284. The monoisotopic (exact) mass is 999 g/mol. The van der Waals surface area contributed by atoms with Gasteiger partial charge in [0.15, 0.2) is 0 Å². The topological polar surface area (TPSA) is 52.6 Å². The second-order valence-corrected chi connectivity index (χ2v) is 21.8. The molecule has 0 aliphatic heterocycles. The molecule has 1 aliphatic rings. The fourth-order valence-corrected chi connectivity index (χ4v) is 8.89. The molecule has 73 heavy (non-hydrogen) atoms. The van der Waals surface area contributed by atoms with E-state index >= 15 is 0 Å². The Hall–Kier alpha value is -4.70. The van der Waals surface area contributed by atoms with Crippen molar-refractivity contribution in [3.8, 4) is 0 Å². The van der Waals surface area contributed by atoms with Gasteiger partial charge in [0.05, 0.1) is 14.2 Å². The Morgan fingerprint density at radius 2 is 0.493 bits per heavy atom. The molecule has 1 rings (SSSR count). The largest absolute Gasteiger partial charge is 0.489 e. The summed E-state index contributed by atoms with van der Waals surface area (Å²) in [6.45, 7) is 31.0. The average Bonchev–Trinajstić information content (AvgIpc) is 3.32. The van der Waals surface area contributed by atoms with Gasteiger partial charge in [-0.25, -0.2) is 0 Å².